The second-order valence-corrected chi connectivity index (χ2v) is 25.2. The van der Waals surface area contributed by atoms with Crippen LogP contribution in [0.4, 0.5) is 47.9 Å². The molecule has 454 valence electrons. The van der Waals surface area contributed by atoms with Crippen molar-refractivity contribution in [2.75, 3.05) is 39.1 Å². The van der Waals surface area contributed by atoms with Gasteiger partial charge >= 0.3 is 73.9 Å². The predicted octanol–water partition coefficient (Wildman–Crippen LogP) is 20.0. The number of carbonyl (C=O) groups is 4. The standard InChI is InChI=1S/2C28H18I2N2O4.2CH2Cl2.Cu.F6P/c2*1-35-27(33)16-9-11-22(20(29)13-16)31-25-18-7-3-5-15-6-4-8-19(24(15)18)26(25)32-23-12-10-17(14-21(23)30)28(34)36-2;2*2-1-3;;1-7(2,3,4,5)6/h2*3-14H,1-2H3;2*1H2;;/q;;;;+1;-1. The van der Waals surface area contributed by atoms with Crippen molar-refractivity contribution in [3.8, 4) is 0 Å². The molecular weight excluding hydrogens is 1740 g/mol. The molecular formula is C58H40Cl4CuF6I4N4O8P. The Balaban J connectivity index is 0.000000259. The van der Waals surface area contributed by atoms with Crippen molar-refractivity contribution in [3.63, 3.8) is 0 Å². The number of alkyl halides is 4. The van der Waals surface area contributed by atoms with E-state index in [4.69, 9.17) is 85.3 Å². The summed E-state index contributed by atoms with van der Waals surface area (Å²) in [5.74, 6) is -1.57. The van der Waals surface area contributed by atoms with Gasteiger partial charge in [0.1, 0.15) is 0 Å². The summed E-state index contributed by atoms with van der Waals surface area (Å²) >= 11 is 27.8. The van der Waals surface area contributed by atoms with Crippen LogP contribution in [-0.4, -0.2) is 85.8 Å². The van der Waals surface area contributed by atoms with Gasteiger partial charge in [-0.05, 0) is 174 Å². The Morgan fingerprint density at radius 2 is 0.570 bits per heavy atom. The van der Waals surface area contributed by atoms with Crippen LogP contribution in [0, 0.1) is 14.3 Å². The smallest absolute Gasteiger partial charge is 1.00 e. The maximum Gasteiger partial charge on any atom is 1.00 e. The van der Waals surface area contributed by atoms with Crippen LogP contribution in [0.15, 0.2) is 166 Å². The fraction of sp³-hybridized carbons (Fsp3) is 0.103. The molecule has 12 nitrogen and oxygen atoms in total. The minimum absolute atomic E-state index is 0. The van der Waals surface area contributed by atoms with Gasteiger partial charge in [0.05, 0.1) is 107 Å². The number of nitrogens with zero attached hydrogens (tertiary/aromatic N) is 4. The number of esters is 4. The maximum absolute atomic E-state index is 12.0. The molecule has 0 aliphatic heterocycles. The van der Waals surface area contributed by atoms with Crippen LogP contribution in [0.2, 0.25) is 0 Å². The van der Waals surface area contributed by atoms with E-state index in [0.29, 0.717) is 22.3 Å². The first-order chi connectivity index (χ1) is 40.1. The Morgan fingerprint density at radius 1 is 0.384 bits per heavy atom. The van der Waals surface area contributed by atoms with Crippen molar-refractivity contribution in [2.24, 2.45) is 20.0 Å². The molecule has 0 saturated heterocycles. The summed E-state index contributed by atoms with van der Waals surface area (Å²) in [6.07, 6.45) is 0. The van der Waals surface area contributed by atoms with Crippen LogP contribution in [0.25, 0.3) is 21.5 Å². The van der Waals surface area contributed by atoms with Gasteiger partial charge in [-0.3, -0.25) is 0 Å². The fourth-order valence-corrected chi connectivity index (χ4v) is 10.8. The van der Waals surface area contributed by atoms with Crippen LogP contribution in [0.3, 0.4) is 0 Å². The Labute approximate surface area is 573 Å². The Hall–Kier alpha value is -4.55. The molecule has 0 heterocycles. The number of rotatable bonds is 8. The molecule has 0 unspecified atom stereocenters. The first-order valence-electron chi connectivity index (χ1n) is 23.8. The molecule has 0 fully saturated rings. The first-order valence-corrected chi connectivity index (χ1v) is 32.3. The van der Waals surface area contributed by atoms with Crippen LogP contribution >= 0.6 is 145 Å². The summed E-state index contributed by atoms with van der Waals surface area (Å²) < 4.78 is 81.9. The van der Waals surface area contributed by atoms with E-state index in [9.17, 15) is 44.4 Å². The zero-order valence-electron chi connectivity index (χ0n) is 44.4. The van der Waals surface area contributed by atoms with Gasteiger partial charge in [0.2, 0.25) is 0 Å². The first kappa shape index (κ1) is 72.2. The molecule has 8 aromatic carbocycles. The average Bonchev–Trinajstić information content (AvgIpc) is 1.66. The third kappa shape index (κ3) is 19.2. The number of hydrogen-bond donors (Lipinski definition) is 0. The van der Waals surface area contributed by atoms with E-state index >= 15 is 0 Å². The molecule has 0 spiro atoms. The van der Waals surface area contributed by atoms with Gasteiger partial charge in [-0.15, -0.1) is 46.4 Å². The molecule has 28 heteroatoms. The van der Waals surface area contributed by atoms with Gasteiger partial charge in [0, 0.05) is 47.3 Å². The van der Waals surface area contributed by atoms with Crippen LogP contribution in [0.1, 0.15) is 63.7 Å². The largest absolute Gasteiger partial charge is 1.00 e. The maximum atomic E-state index is 12.0. The summed E-state index contributed by atoms with van der Waals surface area (Å²) in [6.45, 7) is 0. The van der Waals surface area contributed by atoms with Gasteiger partial charge in [-0.2, -0.15) is 0 Å². The molecule has 0 N–H and O–H groups in total. The molecule has 10 rings (SSSR count). The quantitative estimate of drug-likeness (QED) is 0.0277. The Bertz CT molecular complexity index is 3590. The number of aliphatic imine (C=N–C) groups is 4. The van der Waals surface area contributed by atoms with Crippen LogP contribution in [0.5, 0.6) is 0 Å². The molecule has 2 aliphatic carbocycles. The van der Waals surface area contributed by atoms with Gasteiger partial charge in [-0.25, -0.2) is 39.1 Å². The molecule has 86 heavy (non-hydrogen) atoms. The molecule has 0 radical (unpaired) electrons. The fourth-order valence-electron chi connectivity index (χ4n) is 8.29. The van der Waals surface area contributed by atoms with Crippen molar-refractivity contribution in [3.05, 3.63) is 204 Å². The van der Waals surface area contributed by atoms with Crippen LogP contribution < -0.4 is 0 Å². The van der Waals surface area contributed by atoms with Crippen molar-refractivity contribution >= 4 is 236 Å². The molecule has 0 saturated carbocycles. The summed E-state index contributed by atoms with van der Waals surface area (Å²) in [5, 5.41) is 4.79. The predicted molar refractivity (Wildman–Crippen MR) is 361 cm³/mol. The van der Waals surface area contributed by atoms with E-state index in [1.54, 1.807) is 48.5 Å². The average molecular weight is 1780 g/mol. The van der Waals surface area contributed by atoms with Gasteiger partial charge in [0.15, 0.2) is 0 Å². The van der Waals surface area contributed by atoms with Gasteiger partial charge in [0.25, 0.3) is 0 Å². The summed E-state index contributed by atoms with van der Waals surface area (Å²) in [6, 6.07) is 45.7. The minimum atomic E-state index is -10.7. The molecule has 0 atom stereocenters. The van der Waals surface area contributed by atoms with Gasteiger partial charge < -0.3 is 18.9 Å². The molecule has 8 aromatic rings. The number of methoxy groups -OCH3 is 4. The molecule has 2 aliphatic rings. The normalized spacial score (nSPS) is 14.4. The van der Waals surface area contributed by atoms with Crippen LogP contribution in [-0.2, 0) is 36.0 Å². The molecule has 0 bridgehead atoms. The van der Waals surface area contributed by atoms with E-state index in [-0.39, 0.29) is 27.7 Å². The second-order valence-electron chi connectivity index (χ2n) is 17.1. The van der Waals surface area contributed by atoms with Crippen molar-refractivity contribution in [1.82, 2.24) is 0 Å². The number of benzene rings is 8. The van der Waals surface area contributed by atoms with Crippen molar-refractivity contribution in [2.45, 2.75) is 0 Å². The van der Waals surface area contributed by atoms with Crippen molar-refractivity contribution < 1.29 is 80.4 Å². The van der Waals surface area contributed by atoms with E-state index in [0.717, 1.165) is 104 Å². The zero-order valence-corrected chi connectivity index (χ0v) is 57.9. The summed E-state index contributed by atoms with van der Waals surface area (Å²) in [7, 11) is -5.21. The number of carbonyl (C=O) groups excluding carboxylic acids is 4. The molecule has 0 aromatic heterocycles. The van der Waals surface area contributed by atoms with Gasteiger partial charge in [-0.1, -0.05) is 72.8 Å². The topological polar surface area (TPSA) is 155 Å². The van der Waals surface area contributed by atoms with E-state index in [1.807, 2.05) is 72.8 Å². The van der Waals surface area contributed by atoms with E-state index in [2.05, 4.69) is 115 Å². The van der Waals surface area contributed by atoms with E-state index < -0.39 is 31.7 Å². The number of ether oxygens (including phenoxy) is 4. The summed E-state index contributed by atoms with van der Waals surface area (Å²) in [4.78, 5) is 68.0. The monoisotopic (exact) mass is 1780 g/mol. The summed E-state index contributed by atoms with van der Waals surface area (Å²) in [5.41, 5.74) is 11.8. The van der Waals surface area contributed by atoms with Crippen molar-refractivity contribution in [1.29, 1.82) is 0 Å². The Kier molecular flexibility index (Phi) is 25.8. The second kappa shape index (κ2) is 30.8. The Morgan fingerprint density at radius 3 is 0.733 bits per heavy atom. The number of hydrogen-bond acceptors (Lipinski definition) is 12. The molecule has 0 amide bonds. The zero-order chi connectivity index (χ0) is 62.6. The van der Waals surface area contributed by atoms with E-state index in [1.165, 1.54) is 28.4 Å². The SMILES string of the molecule is COC(=O)c1ccc(N=C2C(=Nc3ccc(C(=O)OC)cc3I)c3cccc4cccc2c34)c(I)c1.COC(=O)c1ccc(N=C2C(=Nc3ccc(C(=O)OC)cc3I)c3cccc4cccc2c34)c(I)c1.ClCCl.ClCCl.F[P-](F)(F)(F)(F)F.[Cu+]. The third-order valence-electron chi connectivity index (χ3n) is 11.7. The minimum Gasteiger partial charge on any atom is 1.00 e. The number of halogens is 14. The third-order valence-corrected chi connectivity index (χ3v) is 15.1.